The Morgan fingerprint density at radius 2 is 1.88 bits per heavy atom. The van der Waals surface area contributed by atoms with Crippen LogP contribution in [0.1, 0.15) is 25.3 Å². The Labute approximate surface area is 194 Å². The number of anilines is 2. The number of barbiturate groups is 1. The Hall–Kier alpha value is -3.46. The first-order chi connectivity index (χ1) is 15.7. The Kier molecular flexibility index (Phi) is 4.89. The molecule has 0 radical (unpaired) electrons. The van der Waals surface area contributed by atoms with E-state index in [0.29, 0.717) is 29.2 Å². The van der Waals surface area contributed by atoms with Crippen LogP contribution in [0.3, 0.4) is 0 Å². The van der Waals surface area contributed by atoms with E-state index in [1.54, 1.807) is 30.3 Å². The lowest BCUT2D eigenvalue weighted by molar-refractivity contribution is -0.384. The Bertz CT molecular complexity index is 1200. The fourth-order valence-corrected chi connectivity index (χ4v) is 5.48. The smallest absolute Gasteiger partial charge is 0.335 e. The number of nitrogens with zero attached hydrogens (tertiary/aromatic N) is 3. The molecule has 33 heavy (non-hydrogen) atoms. The second kappa shape index (κ2) is 7.55. The molecule has 0 aromatic heterocycles. The molecule has 2 aromatic carbocycles. The molecule has 170 valence electrons. The van der Waals surface area contributed by atoms with Crippen LogP contribution in [0.2, 0.25) is 5.02 Å². The van der Waals surface area contributed by atoms with Gasteiger partial charge in [-0.25, -0.2) is 9.69 Å². The minimum absolute atomic E-state index is 0.0278. The van der Waals surface area contributed by atoms with Crippen molar-refractivity contribution in [3.05, 3.63) is 63.2 Å². The van der Waals surface area contributed by atoms with Crippen molar-refractivity contribution in [1.82, 2.24) is 5.32 Å². The highest BCUT2D eigenvalue weighted by molar-refractivity contribution is 6.32. The molecule has 2 saturated heterocycles. The molecular formula is C23H21ClN4O5. The molecule has 0 saturated carbocycles. The number of fused-ring (bicyclic) bond motifs is 4. The third-order valence-electron chi connectivity index (χ3n) is 6.98. The van der Waals surface area contributed by atoms with E-state index in [1.165, 1.54) is 12.1 Å². The van der Waals surface area contributed by atoms with Gasteiger partial charge in [-0.2, -0.15) is 0 Å². The summed E-state index contributed by atoms with van der Waals surface area (Å²) >= 11 is 5.97. The molecule has 3 aliphatic heterocycles. The fraction of sp³-hybridized carbons (Fsp3) is 0.348. The lowest BCUT2D eigenvalue weighted by Gasteiger charge is -2.54. The summed E-state index contributed by atoms with van der Waals surface area (Å²) in [4.78, 5) is 54.2. The number of nitro benzene ring substituents is 1. The predicted octanol–water partition coefficient (Wildman–Crippen LogP) is 3.68. The SMILES string of the molecule is C[C@@H]1CCN2c3ccc([N+](=O)[O-])cc3C[C@@]3(C(=O)NC(=O)N(c4ccc(Cl)cc4)C3=O)[C@@H]2C1. The van der Waals surface area contributed by atoms with E-state index in [0.717, 1.165) is 17.0 Å². The maximum absolute atomic E-state index is 14.0. The molecule has 0 bridgehead atoms. The quantitative estimate of drug-likeness (QED) is 0.408. The third kappa shape index (κ3) is 3.18. The van der Waals surface area contributed by atoms with E-state index in [2.05, 4.69) is 12.2 Å². The van der Waals surface area contributed by atoms with Gasteiger partial charge in [0.15, 0.2) is 5.41 Å². The monoisotopic (exact) mass is 468 g/mol. The molecule has 9 nitrogen and oxygen atoms in total. The summed E-state index contributed by atoms with van der Waals surface area (Å²) in [5.41, 5.74) is -0.0663. The van der Waals surface area contributed by atoms with Crippen LogP contribution in [0.4, 0.5) is 21.9 Å². The van der Waals surface area contributed by atoms with Crippen LogP contribution in [0.5, 0.6) is 0 Å². The summed E-state index contributed by atoms with van der Waals surface area (Å²) in [7, 11) is 0. The molecule has 0 aliphatic carbocycles. The van der Waals surface area contributed by atoms with E-state index >= 15 is 0 Å². The first-order valence-electron chi connectivity index (χ1n) is 10.7. The predicted molar refractivity (Wildman–Crippen MR) is 121 cm³/mol. The van der Waals surface area contributed by atoms with E-state index in [-0.39, 0.29) is 18.0 Å². The van der Waals surface area contributed by atoms with Crippen molar-refractivity contribution in [1.29, 1.82) is 0 Å². The number of halogens is 1. The molecule has 3 atom stereocenters. The molecule has 4 amide bonds. The van der Waals surface area contributed by atoms with Crippen molar-refractivity contribution in [2.45, 2.75) is 32.2 Å². The number of amides is 4. The largest absolute Gasteiger partial charge is 0.367 e. The van der Waals surface area contributed by atoms with Gasteiger partial charge < -0.3 is 4.90 Å². The zero-order chi connectivity index (χ0) is 23.5. The van der Waals surface area contributed by atoms with Crippen LogP contribution in [0.25, 0.3) is 0 Å². The van der Waals surface area contributed by atoms with Gasteiger partial charge in [0.1, 0.15) is 0 Å². The summed E-state index contributed by atoms with van der Waals surface area (Å²) < 4.78 is 0. The lowest BCUT2D eigenvalue weighted by Crippen LogP contribution is -2.73. The van der Waals surface area contributed by atoms with Gasteiger partial charge in [-0.3, -0.25) is 25.0 Å². The average molecular weight is 469 g/mol. The summed E-state index contributed by atoms with van der Waals surface area (Å²) in [6.45, 7) is 2.68. The number of nitrogens with one attached hydrogen (secondary N) is 1. The van der Waals surface area contributed by atoms with Gasteiger partial charge >= 0.3 is 6.03 Å². The number of carbonyl (C=O) groups excluding carboxylic acids is 3. The van der Waals surface area contributed by atoms with Crippen molar-refractivity contribution < 1.29 is 19.3 Å². The van der Waals surface area contributed by atoms with Gasteiger partial charge in [0.05, 0.1) is 16.7 Å². The lowest BCUT2D eigenvalue weighted by atomic mass is 9.64. The fourth-order valence-electron chi connectivity index (χ4n) is 5.35. The molecule has 2 aromatic rings. The number of hydrogen-bond donors (Lipinski definition) is 1. The number of nitro groups is 1. The summed E-state index contributed by atoms with van der Waals surface area (Å²) in [6.07, 6.45) is 1.41. The molecule has 10 heteroatoms. The maximum Gasteiger partial charge on any atom is 0.335 e. The van der Waals surface area contributed by atoms with Gasteiger partial charge in [-0.1, -0.05) is 18.5 Å². The van der Waals surface area contributed by atoms with Crippen LogP contribution >= 0.6 is 11.6 Å². The number of urea groups is 1. The minimum atomic E-state index is -1.59. The van der Waals surface area contributed by atoms with Crippen LogP contribution in [0, 0.1) is 21.4 Å². The van der Waals surface area contributed by atoms with Gasteiger partial charge in [0, 0.05) is 35.8 Å². The Balaban J connectivity index is 1.68. The van der Waals surface area contributed by atoms with Crippen molar-refractivity contribution in [3.8, 4) is 0 Å². The molecule has 2 fully saturated rings. The van der Waals surface area contributed by atoms with Crippen molar-refractivity contribution in [2.75, 3.05) is 16.3 Å². The zero-order valence-corrected chi connectivity index (χ0v) is 18.5. The summed E-state index contributed by atoms with van der Waals surface area (Å²) in [5, 5.41) is 14.2. The van der Waals surface area contributed by atoms with Crippen LogP contribution in [-0.4, -0.2) is 35.4 Å². The number of carbonyl (C=O) groups is 3. The molecular weight excluding hydrogens is 448 g/mol. The normalized spacial score (nSPS) is 26.7. The molecule has 5 rings (SSSR count). The first kappa shape index (κ1) is 21.4. The molecule has 1 N–H and O–H groups in total. The van der Waals surface area contributed by atoms with E-state index in [9.17, 15) is 24.5 Å². The van der Waals surface area contributed by atoms with Gasteiger partial charge in [-0.15, -0.1) is 0 Å². The Morgan fingerprint density at radius 3 is 2.58 bits per heavy atom. The highest BCUT2D eigenvalue weighted by atomic mass is 35.5. The number of piperidine rings is 1. The maximum atomic E-state index is 14.0. The Morgan fingerprint density at radius 1 is 1.15 bits per heavy atom. The van der Waals surface area contributed by atoms with E-state index in [4.69, 9.17) is 11.6 Å². The van der Waals surface area contributed by atoms with Crippen LogP contribution in [-0.2, 0) is 16.0 Å². The molecule has 0 unspecified atom stereocenters. The summed E-state index contributed by atoms with van der Waals surface area (Å²) in [6, 6.07) is 9.48. The molecule has 3 heterocycles. The summed E-state index contributed by atoms with van der Waals surface area (Å²) in [5.74, 6) is -1.02. The van der Waals surface area contributed by atoms with Crippen LogP contribution < -0.4 is 15.1 Å². The highest BCUT2D eigenvalue weighted by Crippen LogP contribution is 2.49. The van der Waals surface area contributed by atoms with Gasteiger partial charge in [0.25, 0.3) is 11.6 Å². The van der Waals surface area contributed by atoms with Crippen molar-refractivity contribution >= 4 is 46.5 Å². The second-order valence-electron chi connectivity index (χ2n) is 8.93. The number of hydrogen-bond acceptors (Lipinski definition) is 6. The molecule has 3 aliphatic rings. The number of non-ortho nitro benzene ring substituents is 1. The van der Waals surface area contributed by atoms with Crippen molar-refractivity contribution in [2.24, 2.45) is 11.3 Å². The van der Waals surface area contributed by atoms with Gasteiger partial charge in [-0.05, 0) is 54.7 Å². The topological polar surface area (TPSA) is 113 Å². The first-order valence-corrected chi connectivity index (χ1v) is 11.1. The van der Waals surface area contributed by atoms with Crippen molar-refractivity contribution in [3.63, 3.8) is 0 Å². The average Bonchev–Trinajstić information content (AvgIpc) is 2.78. The molecule has 1 spiro atoms. The number of benzene rings is 2. The third-order valence-corrected chi connectivity index (χ3v) is 7.24. The minimum Gasteiger partial charge on any atom is -0.367 e. The zero-order valence-electron chi connectivity index (χ0n) is 17.8. The van der Waals surface area contributed by atoms with E-state index < -0.39 is 34.2 Å². The highest BCUT2D eigenvalue weighted by Gasteiger charge is 2.63. The second-order valence-corrected chi connectivity index (χ2v) is 9.37. The van der Waals surface area contributed by atoms with Gasteiger partial charge in [0.2, 0.25) is 5.91 Å². The van der Waals surface area contributed by atoms with E-state index in [1.807, 2.05) is 4.90 Å². The van der Waals surface area contributed by atoms with Crippen LogP contribution in [0.15, 0.2) is 42.5 Å². The number of imide groups is 2. The standard InChI is InChI=1S/C23H21ClN4O5/c1-13-8-9-26-18-7-6-17(28(32)33)11-14(18)12-23(19(26)10-13)20(29)25-22(31)27(21(23)30)16-4-2-15(24)3-5-16/h2-7,11,13,19H,8-10,12H2,1H3,(H,25,29,31)/t13-,19+,23+/m1/s1. The number of rotatable bonds is 2.